The molecule has 1 aromatic heterocycles. The van der Waals surface area contributed by atoms with E-state index in [0.717, 1.165) is 50.7 Å². The molecule has 18 heavy (non-hydrogen) atoms. The Kier molecular flexibility index (Phi) is 3.90. The number of hydrogen-bond acceptors (Lipinski definition) is 5. The highest BCUT2D eigenvalue weighted by Gasteiger charge is 2.25. The van der Waals surface area contributed by atoms with Gasteiger partial charge in [-0.2, -0.15) is 4.98 Å². The summed E-state index contributed by atoms with van der Waals surface area (Å²) in [6.07, 6.45) is 7.08. The quantitative estimate of drug-likeness (QED) is 0.873. The second-order valence-electron chi connectivity index (χ2n) is 5.26. The zero-order chi connectivity index (χ0) is 12.2. The van der Waals surface area contributed by atoms with Crippen molar-refractivity contribution >= 4 is 0 Å². The molecular weight excluding hydrogens is 230 g/mol. The molecule has 1 aromatic rings. The third-order valence-corrected chi connectivity index (χ3v) is 3.84. The standard InChI is InChI=1S/C13H21N3O2/c1-2-6-11(14-7-3-1)12-15-13(18-16-12)10-5-4-8-17-9-10/h10-11,14H,1-9H2. The molecule has 0 aliphatic carbocycles. The molecular formula is C13H21N3O2. The molecule has 2 fully saturated rings. The molecule has 100 valence electrons. The molecule has 0 aromatic carbocycles. The zero-order valence-electron chi connectivity index (χ0n) is 10.7. The summed E-state index contributed by atoms with van der Waals surface area (Å²) in [4.78, 5) is 4.58. The molecule has 1 N–H and O–H groups in total. The van der Waals surface area contributed by atoms with Gasteiger partial charge in [-0.25, -0.2) is 0 Å². The van der Waals surface area contributed by atoms with Crippen molar-refractivity contribution in [1.82, 2.24) is 15.5 Å². The fourth-order valence-corrected chi connectivity index (χ4v) is 2.74. The molecule has 3 rings (SSSR count). The topological polar surface area (TPSA) is 60.2 Å². The lowest BCUT2D eigenvalue weighted by molar-refractivity contribution is 0.0705. The van der Waals surface area contributed by atoms with Crippen LogP contribution in [0.15, 0.2) is 4.52 Å². The summed E-state index contributed by atoms with van der Waals surface area (Å²) in [5.74, 6) is 1.89. The smallest absolute Gasteiger partial charge is 0.232 e. The lowest BCUT2D eigenvalue weighted by Crippen LogP contribution is -2.21. The van der Waals surface area contributed by atoms with E-state index in [1.807, 2.05) is 0 Å². The highest BCUT2D eigenvalue weighted by molar-refractivity contribution is 4.99. The summed E-state index contributed by atoms with van der Waals surface area (Å²) in [7, 11) is 0. The van der Waals surface area contributed by atoms with E-state index in [1.165, 1.54) is 19.3 Å². The maximum absolute atomic E-state index is 5.47. The molecule has 2 atom stereocenters. The molecule has 5 heteroatoms. The van der Waals surface area contributed by atoms with Crippen molar-refractivity contribution in [2.24, 2.45) is 0 Å². The normalized spacial score (nSPS) is 30.0. The van der Waals surface area contributed by atoms with Crippen molar-refractivity contribution < 1.29 is 9.26 Å². The molecule has 0 bridgehead atoms. The van der Waals surface area contributed by atoms with Crippen LogP contribution in [0.25, 0.3) is 0 Å². The molecule has 3 heterocycles. The Balaban J connectivity index is 1.67. The third kappa shape index (κ3) is 2.72. The highest BCUT2D eigenvalue weighted by atomic mass is 16.5. The van der Waals surface area contributed by atoms with Gasteiger partial charge in [0.2, 0.25) is 5.89 Å². The average molecular weight is 251 g/mol. The van der Waals surface area contributed by atoms with Crippen molar-refractivity contribution in [2.75, 3.05) is 19.8 Å². The van der Waals surface area contributed by atoms with E-state index in [-0.39, 0.29) is 6.04 Å². The third-order valence-electron chi connectivity index (χ3n) is 3.84. The second kappa shape index (κ2) is 5.80. The van der Waals surface area contributed by atoms with E-state index in [4.69, 9.17) is 9.26 Å². The number of rotatable bonds is 2. The number of nitrogens with zero attached hydrogens (tertiary/aromatic N) is 2. The minimum atomic E-state index is 0.273. The van der Waals surface area contributed by atoms with E-state index in [9.17, 15) is 0 Å². The predicted octanol–water partition coefficient (Wildman–Crippen LogP) is 2.17. The molecule has 2 unspecified atom stereocenters. The van der Waals surface area contributed by atoms with E-state index < -0.39 is 0 Å². The molecule has 0 saturated carbocycles. The minimum Gasteiger partial charge on any atom is -0.381 e. The first-order valence-electron chi connectivity index (χ1n) is 7.08. The van der Waals surface area contributed by atoms with Gasteiger partial charge in [-0.05, 0) is 32.2 Å². The summed E-state index contributed by atoms with van der Waals surface area (Å²) in [5, 5.41) is 7.65. The van der Waals surface area contributed by atoms with Crippen molar-refractivity contribution in [1.29, 1.82) is 0 Å². The monoisotopic (exact) mass is 251 g/mol. The Labute approximate surface area is 107 Å². The molecule has 0 amide bonds. The SMILES string of the molecule is C1CCNC(c2noc(C3CCCOC3)n2)CC1. The lowest BCUT2D eigenvalue weighted by atomic mass is 10.0. The Morgan fingerprint density at radius 1 is 1.11 bits per heavy atom. The van der Waals surface area contributed by atoms with Gasteiger partial charge in [-0.3, -0.25) is 0 Å². The largest absolute Gasteiger partial charge is 0.381 e. The fraction of sp³-hybridized carbons (Fsp3) is 0.846. The van der Waals surface area contributed by atoms with Crippen LogP contribution in [0.2, 0.25) is 0 Å². The van der Waals surface area contributed by atoms with Crippen LogP contribution in [0.4, 0.5) is 0 Å². The zero-order valence-corrected chi connectivity index (χ0v) is 10.7. The Morgan fingerprint density at radius 3 is 3.00 bits per heavy atom. The van der Waals surface area contributed by atoms with Crippen LogP contribution in [-0.4, -0.2) is 29.9 Å². The summed E-state index contributed by atoms with van der Waals surface area (Å²) in [5.41, 5.74) is 0. The van der Waals surface area contributed by atoms with Gasteiger partial charge in [-0.1, -0.05) is 18.0 Å². The van der Waals surface area contributed by atoms with Crippen LogP contribution in [0, 0.1) is 0 Å². The highest BCUT2D eigenvalue weighted by Crippen LogP contribution is 2.26. The second-order valence-corrected chi connectivity index (χ2v) is 5.26. The maximum Gasteiger partial charge on any atom is 0.232 e. The van der Waals surface area contributed by atoms with Crippen molar-refractivity contribution in [3.8, 4) is 0 Å². The van der Waals surface area contributed by atoms with Crippen LogP contribution >= 0.6 is 0 Å². The summed E-state index contributed by atoms with van der Waals surface area (Å²) < 4.78 is 10.9. The predicted molar refractivity (Wildman–Crippen MR) is 66.3 cm³/mol. The van der Waals surface area contributed by atoms with Gasteiger partial charge in [-0.15, -0.1) is 0 Å². The first-order chi connectivity index (χ1) is 8.93. The van der Waals surface area contributed by atoms with Gasteiger partial charge in [0.15, 0.2) is 5.82 Å². The fourth-order valence-electron chi connectivity index (χ4n) is 2.74. The van der Waals surface area contributed by atoms with E-state index >= 15 is 0 Å². The van der Waals surface area contributed by atoms with Crippen LogP contribution in [-0.2, 0) is 4.74 Å². The van der Waals surface area contributed by atoms with Gasteiger partial charge < -0.3 is 14.6 Å². The Hall–Kier alpha value is -0.940. The first kappa shape index (κ1) is 12.1. The molecule has 2 aliphatic rings. The van der Waals surface area contributed by atoms with Gasteiger partial charge in [0.05, 0.1) is 18.6 Å². The van der Waals surface area contributed by atoms with Crippen molar-refractivity contribution in [2.45, 2.75) is 50.5 Å². The van der Waals surface area contributed by atoms with Crippen LogP contribution in [0.1, 0.15) is 62.2 Å². The number of nitrogens with one attached hydrogen (secondary N) is 1. The van der Waals surface area contributed by atoms with Crippen molar-refractivity contribution in [3.05, 3.63) is 11.7 Å². The van der Waals surface area contributed by atoms with Crippen LogP contribution < -0.4 is 5.32 Å². The van der Waals surface area contributed by atoms with Crippen molar-refractivity contribution in [3.63, 3.8) is 0 Å². The van der Waals surface area contributed by atoms with E-state index in [2.05, 4.69) is 15.5 Å². The average Bonchev–Trinajstić information content (AvgIpc) is 2.76. The minimum absolute atomic E-state index is 0.273. The number of ether oxygens (including phenoxy) is 1. The molecule has 0 spiro atoms. The first-order valence-corrected chi connectivity index (χ1v) is 7.08. The summed E-state index contributed by atoms with van der Waals surface area (Å²) >= 11 is 0. The van der Waals surface area contributed by atoms with Gasteiger partial charge in [0, 0.05) is 6.61 Å². The Morgan fingerprint density at radius 2 is 2.11 bits per heavy atom. The maximum atomic E-state index is 5.47. The molecule has 2 aliphatic heterocycles. The van der Waals surface area contributed by atoms with Crippen LogP contribution in [0.3, 0.4) is 0 Å². The van der Waals surface area contributed by atoms with E-state index in [1.54, 1.807) is 0 Å². The van der Waals surface area contributed by atoms with E-state index in [0.29, 0.717) is 5.92 Å². The van der Waals surface area contributed by atoms with Crippen LogP contribution in [0.5, 0.6) is 0 Å². The summed E-state index contributed by atoms with van der Waals surface area (Å²) in [6, 6.07) is 0.273. The number of aromatic nitrogens is 2. The lowest BCUT2D eigenvalue weighted by Gasteiger charge is -2.18. The summed E-state index contributed by atoms with van der Waals surface area (Å²) in [6.45, 7) is 2.64. The Bertz CT molecular complexity index is 366. The number of hydrogen-bond donors (Lipinski definition) is 1. The molecule has 5 nitrogen and oxygen atoms in total. The van der Waals surface area contributed by atoms with Gasteiger partial charge >= 0.3 is 0 Å². The molecule has 2 saturated heterocycles. The van der Waals surface area contributed by atoms with Gasteiger partial charge in [0.1, 0.15) is 0 Å². The van der Waals surface area contributed by atoms with Gasteiger partial charge in [0.25, 0.3) is 0 Å². The molecule has 0 radical (unpaired) electrons.